The van der Waals surface area contributed by atoms with Gasteiger partial charge in [-0.25, -0.2) is 9.97 Å². The maximum Gasteiger partial charge on any atom is 0.234 e. The second-order valence-corrected chi connectivity index (χ2v) is 7.54. The van der Waals surface area contributed by atoms with E-state index in [1.54, 1.807) is 23.6 Å². The monoisotopic (exact) mass is 343 g/mol. The number of likely N-dealkylation sites (tertiary alicyclic amines) is 1. The zero-order valence-corrected chi connectivity index (χ0v) is 14.4. The van der Waals surface area contributed by atoms with Gasteiger partial charge in [0.25, 0.3) is 0 Å². The fraction of sp³-hybridized carbons (Fsp3) is 0.500. The lowest BCUT2D eigenvalue weighted by molar-refractivity contribution is -0.136. The molecule has 0 bridgehead atoms. The molecule has 1 aliphatic carbocycles. The second kappa shape index (κ2) is 6.51. The molecule has 1 atom stereocenters. The van der Waals surface area contributed by atoms with Gasteiger partial charge in [0.1, 0.15) is 12.4 Å². The van der Waals surface area contributed by atoms with E-state index in [0.717, 1.165) is 38.6 Å². The van der Waals surface area contributed by atoms with Crippen LogP contribution in [-0.2, 0) is 10.2 Å². The zero-order valence-electron chi connectivity index (χ0n) is 13.6. The van der Waals surface area contributed by atoms with Crippen LogP contribution in [0.4, 0.5) is 0 Å². The van der Waals surface area contributed by atoms with Crippen LogP contribution in [0, 0.1) is 0 Å². The van der Waals surface area contributed by atoms with Crippen molar-refractivity contribution in [3.63, 3.8) is 0 Å². The summed E-state index contributed by atoms with van der Waals surface area (Å²) in [6.45, 7) is 1.41. The lowest BCUT2D eigenvalue weighted by Gasteiger charge is -2.31. The Kier molecular flexibility index (Phi) is 4.22. The second-order valence-electron chi connectivity index (χ2n) is 6.59. The Morgan fingerprint density at radius 2 is 2.21 bits per heavy atom. The van der Waals surface area contributed by atoms with Gasteiger partial charge in [0.05, 0.1) is 12.0 Å². The molecule has 0 radical (unpaired) electrons. The molecule has 1 saturated heterocycles. The summed E-state index contributed by atoms with van der Waals surface area (Å²) in [5.41, 5.74) is -0.294. The first-order valence-corrected chi connectivity index (χ1v) is 9.42. The van der Waals surface area contributed by atoms with Gasteiger partial charge < -0.3 is 9.64 Å². The van der Waals surface area contributed by atoms with Gasteiger partial charge in [-0.3, -0.25) is 4.79 Å². The minimum atomic E-state index is -0.294. The highest BCUT2D eigenvalue weighted by atomic mass is 32.1. The number of hydrogen-bond acceptors (Lipinski definition) is 5. The van der Waals surface area contributed by atoms with Crippen LogP contribution in [0.5, 0.6) is 5.88 Å². The first-order chi connectivity index (χ1) is 11.8. The summed E-state index contributed by atoms with van der Waals surface area (Å²) in [4.78, 5) is 24.5. The van der Waals surface area contributed by atoms with E-state index in [1.807, 2.05) is 4.90 Å². The summed E-state index contributed by atoms with van der Waals surface area (Å²) in [5, 5.41) is 2.08. The van der Waals surface area contributed by atoms with Crippen molar-refractivity contribution in [2.24, 2.45) is 0 Å². The Hall–Kier alpha value is -1.95. The lowest BCUT2D eigenvalue weighted by Crippen LogP contribution is -2.44. The summed E-state index contributed by atoms with van der Waals surface area (Å²) < 4.78 is 5.90. The van der Waals surface area contributed by atoms with E-state index in [-0.39, 0.29) is 17.4 Å². The molecule has 2 aromatic heterocycles. The van der Waals surface area contributed by atoms with Gasteiger partial charge in [-0.15, -0.1) is 11.3 Å². The Labute approximate surface area is 145 Å². The van der Waals surface area contributed by atoms with Crippen molar-refractivity contribution in [3.8, 4) is 5.88 Å². The van der Waals surface area contributed by atoms with E-state index in [1.165, 1.54) is 11.2 Å². The molecule has 0 spiro atoms. The van der Waals surface area contributed by atoms with Gasteiger partial charge in [-0.2, -0.15) is 0 Å². The third-order valence-electron chi connectivity index (χ3n) is 5.13. The Morgan fingerprint density at radius 1 is 1.33 bits per heavy atom. The topological polar surface area (TPSA) is 55.3 Å². The number of amides is 1. The van der Waals surface area contributed by atoms with Crippen LogP contribution in [-0.4, -0.2) is 40.0 Å². The van der Waals surface area contributed by atoms with Crippen molar-refractivity contribution in [3.05, 3.63) is 41.0 Å². The molecule has 6 heteroatoms. The molecule has 0 N–H and O–H groups in total. The summed E-state index contributed by atoms with van der Waals surface area (Å²) in [7, 11) is 0. The van der Waals surface area contributed by atoms with E-state index in [2.05, 4.69) is 27.5 Å². The van der Waals surface area contributed by atoms with E-state index in [0.29, 0.717) is 12.4 Å². The molecule has 24 heavy (non-hydrogen) atoms. The maximum atomic E-state index is 13.3. The molecular weight excluding hydrogens is 322 g/mol. The maximum absolute atomic E-state index is 13.3. The molecule has 1 saturated carbocycles. The molecule has 1 aliphatic heterocycles. The Balaban J connectivity index is 1.47. The number of rotatable bonds is 4. The standard InChI is InChI=1S/C18H21N3O2S/c22-17(18(7-1-2-8-18)15-4-3-11-24-15)21-10-6-14(12-21)23-16-5-9-19-13-20-16/h3-5,9,11,13-14H,1-2,6-8,10,12H2/t14-/m1/s1. The molecule has 4 rings (SSSR count). The third kappa shape index (κ3) is 2.79. The zero-order chi connectivity index (χ0) is 16.4. The fourth-order valence-electron chi connectivity index (χ4n) is 3.93. The molecular formula is C18H21N3O2S. The van der Waals surface area contributed by atoms with Crippen molar-refractivity contribution >= 4 is 17.2 Å². The molecule has 0 aromatic carbocycles. The molecule has 2 aliphatic rings. The van der Waals surface area contributed by atoms with Crippen molar-refractivity contribution in [2.75, 3.05) is 13.1 Å². The molecule has 2 aromatic rings. The molecule has 5 nitrogen and oxygen atoms in total. The quantitative estimate of drug-likeness (QED) is 0.856. The SMILES string of the molecule is O=C(N1CC[C@@H](Oc2ccncn2)C1)C1(c2cccs2)CCCC1. The highest BCUT2D eigenvalue weighted by Gasteiger charge is 2.47. The van der Waals surface area contributed by atoms with Crippen molar-refractivity contribution < 1.29 is 9.53 Å². The molecule has 0 unspecified atom stereocenters. The van der Waals surface area contributed by atoms with Crippen molar-refractivity contribution in [1.29, 1.82) is 0 Å². The molecule has 3 heterocycles. The van der Waals surface area contributed by atoms with E-state index in [9.17, 15) is 4.79 Å². The first kappa shape index (κ1) is 15.6. The summed E-state index contributed by atoms with van der Waals surface area (Å²) in [6, 6.07) is 5.94. The summed E-state index contributed by atoms with van der Waals surface area (Å²) in [5.74, 6) is 0.870. The highest BCUT2D eigenvalue weighted by molar-refractivity contribution is 7.10. The van der Waals surface area contributed by atoms with Crippen LogP contribution in [0.15, 0.2) is 36.1 Å². The van der Waals surface area contributed by atoms with Gasteiger partial charge in [0.15, 0.2) is 0 Å². The normalized spacial score (nSPS) is 22.7. The van der Waals surface area contributed by atoms with Crippen LogP contribution in [0.2, 0.25) is 0 Å². The van der Waals surface area contributed by atoms with E-state index < -0.39 is 0 Å². The van der Waals surface area contributed by atoms with E-state index in [4.69, 9.17) is 4.74 Å². The van der Waals surface area contributed by atoms with Crippen molar-refractivity contribution in [2.45, 2.75) is 43.6 Å². The predicted octanol–water partition coefficient (Wildman–Crippen LogP) is 3.03. The molecule has 1 amide bonds. The minimum Gasteiger partial charge on any atom is -0.472 e. The minimum absolute atomic E-state index is 0.0191. The molecule has 2 fully saturated rings. The van der Waals surface area contributed by atoms with Gasteiger partial charge in [0.2, 0.25) is 11.8 Å². The van der Waals surface area contributed by atoms with Gasteiger partial charge in [-0.1, -0.05) is 18.9 Å². The largest absolute Gasteiger partial charge is 0.472 e. The smallest absolute Gasteiger partial charge is 0.234 e. The predicted molar refractivity (Wildman–Crippen MR) is 92.1 cm³/mol. The lowest BCUT2D eigenvalue weighted by atomic mass is 9.83. The third-order valence-corrected chi connectivity index (χ3v) is 6.21. The van der Waals surface area contributed by atoms with E-state index >= 15 is 0 Å². The average molecular weight is 343 g/mol. The highest BCUT2D eigenvalue weighted by Crippen LogP contribution is 2.45. The number of carbonyl (C=O) groups excluding carboxylic acids is 1. The first-order valence-electron chi connectivity index (χ1n) is 8.54. The van der Waals surface area contributed by atoms with Crippen molar-refractivity contribution in [1.82, 2.24) is 14.9 Å². The van der Waals surface area contributed by atoms with Crippen LogP contribution < -0.4 is 4.74 Å². The number of carbonyl (C=O) groups is 1. The summed E-state index contributed by atoms with van der Waals surface area (Å²) >= 11 is 1.71. The van der Waals surface area contributed by atoms with Gasteiger partial charge in [-0.05, 0) is 24.3 Å². The number of nitrogens with zero attached hydrogens (tertiary/aromatic N) is 3. The average Bonchev–Trinajstić information content (AvgIpc) is 3.36. The summed E-state index contributed by atoms with van der Waals surface area (Å²) in [6.07, 6.45) is 8.25. The van der Waals surface area contributed by atoms with Gasteiger partial charge in [0, 0.05) is 30.1 Å². The Bertz CT molecular complexity index is 684. The number of aromatic nitrogens is 2. The number of hydrogen-bond donors (Lipinski definition) is 0. The van der Waals surface area contributed by atoms with Gasteiger partial charge >= 0.3 is 0 Å². The fourth-order valence-corrected chi connectivity index (χ4v) is 4.90. The van der Waals surface area contributed by atoms with Crippen LogP contribution in [0.3, 0.4) is 0 Å². The van der Waals surface area contributed by atoms with Crippen LogP contribution in [0.1, 0.15) is 37.0 Å². The van der Waals surface area contributed by atoms with Crippen LogP contribution >= 0.6 is 11.3 Å². The number of thiophene rings is 1. The number of ether oxygens (including phenoxy) is 1. The molecule has 126 valence electrons. The van der Waals surface area contributed by atoms with Crippen LogP contribution in [0.25, 0.3) is 0 Å². The Morgan fingerprint density at radius 3 is 2.92 bits per heavy atom.